The second-order valence-corrected chi connectivity index (χ2v) is 9.74. The standard InChI is InChI=1S/C25H19BrClN3O4S/c26-16-2-6-18(7-3-16)28-23(31)12-20-24(32)30(19-8-4-17(27)5-9-19)25(35)29(20)13-15-1-10-21-22(11-15)34-14-33-21/h1-11,20H,12-14H2,(H,28,31). The zero-order valence-corrected chi connectivity index (χ0v) is 21.4. The molecule has 0 spiro atoms. The van der Waals surface area contributed by atoms with E-state index < -0.39 is 6.04 Å². The van der Waals surface area contributed by atoms with Crippen LogP contribution in [0.3, 0.4) is 0 Å². The van der Waals surface area contributed by atoms with Crippen LogP contribution in [0.15, 0.2) is 71.2 Å². The Hall–Kier alpha value is -3.14. The summed E-state index contributed by atoms with van der Waals surface area (Å²) in [5.41, 5.74) is 2.11. The number of carbonyl (C=O) groups is 2. The Bertz CT molecular complexity index is 1300. The van der Waals surface area contributed by atoms with Crippen molar-refractivity contribution in [1.29, 1.82) is 0 Å². The number of fused-ring (bicyclic) bond motifs is 1. The quantitative estimate of drug-likeness (QED) is 0.401. The molecule has 1 fully saturated rings. The van der Waals surface area contributed by atoms with Crippen molar-refractivity contribution in [3.8, 4) is 11.5 Å². The van der Waals surface area contributed by atoms with Crippen molar-refractivity contribution >= 4 is 68.1 Å². The Kier molecular flexibility index (Phi) is 6.64. The largest absolute Gasteiger partial charge is 0.454 e. The number of amides is 2. The maximum atomic E-state index is 13.6. The summed E-state index contributed by atoms with van der Waals surface area (Å²) in [5, 5.41) is 3.72. The van der Waals surface area contributed by atoms with Gasteiger partial charge in [-0.25, -0.2) is 0 Å². The third kappa shape index (κ3) is 4.98. The molecule has 178 valence electrons. The van der Waals surface area contributed by atoms with E-state index in [9.17, 15) is 9.59 Å². The van der Waals surface area contributed by atoms with Crippen LogP contribution < -0.4 is 19.7 Å². The van der Waals surface area contributed by atoms with E-state index >= 15 is 0 Å². The van der Waals surface area contributed by atoms with Crippen LogP contribution in [0.5, 0.6) is 11.5 Å². The number of ether oxygens (including phenoxy) is 2. The van der Waals surface area contributed by atoms with Gasteiger partial charge in [-0.1, -0.05) is 33.6 Å². The molecule has 0 aliphatic carbocycles. The van der Waals surface area contributed by atoms with Crippen molar-refractivity contribution in [2.45, 2.75) is 19.0 Å². The van der Waals surface area contributed by atoms with Gasteiger partial charge in [0.05, 0.1) is 12.1 Å². The monoisotopic (exact) mass is 571 g/mol. The number of halogens is 2. The highest BCUT2D eigenvalue weighted by Gasteiger charge is 2.44. The number of hydrogen-bond acceptors (Lipinski definition) is 5. The first kappa shape index (κ1) is 23.6. The van der Waals surface area contributed by atoms with Gasteiger partial charge in [-0.2, -0.15) is 0 Å². The summed E-state index contributed by atoms with van der Waals surface area (Å²) in [6, 6.07) is 18.9. The molecule has 0 radical (unpaired) electrons. The molecule has 2 heterocycles. The number of thiocarbonyl (C=S) groups is 1. The summed E-state index contributed by atoms with van der Waals surface area (Å²) < 4.78 is 11.8. The first-order valence-corrected chi connectivity index (χ1v) is 12.3. The number of hydrogen-bond donors (Lipinski definition) is 1. The predicted octanol–water partition coefficient (Wildman–Crippen LogP) is 5.36. The molecule has 1 atom stereocenters. The van der Waals surface area contributed by atoms with Crippen molar-refractivity contribution in [2.24, 2.45) is 0 Å². The number of rotatable bonds is 6. The summed E-state index contributed by atoms with van der Waals surface area (Å²) in [5.74, 6) is 0.742. The predicted molar refractivity (Wildman–Crippen MR) is 141 cm³/mol. The molecular weight excluding hydrogens is 554 g/mol. The minimum absolute atomic E-state index is 0.0658. The van der Waals surface area contributed by atoms with Crippen molar-refractivity contribution in [3.05, 3.63) is 81.8 Å². The van der Waals surface area contributed by atoms with Crippen LogP contribution in [0, 0.1) is 0 Å². The zero-order valence-electron chi connectivity index (χ0n) is 18.2. The number of carbonyl (C=O) groups excluding carboxylic acids is 2. The summed E-state index contributed by atoms with van der Waals surface area (Å²) >= 11 is 15.1. The van der Waals surface area contributed by atoms with Crippen LogP contribution >= 0.6 is 39.7 Å². The fourth-order valence-electron chi connectivity index (χ4n) is 4.00. The Morgan fingerprint density at radius 3 is 2.51 bits per heavy atom. The molecule has 10 heteroatoms. The van der Waals surface area contributed by atoms with Gasteiger partial charge in [0.25, 0.3) is 5.91 Å². The smallest absolute Gasteiger partial charge is 0.256 e. The van der Waals surface area contributed by atoms with E-state index in [1.54, 1.807) is 41.3 Å². The van der Waals surface area contributed by atoms with Gasteiger partial charge >= 0.3 is 0 Å². The number of anilines is 2. The molecule has 35 heavy (non-hydrogen) atoms. The molecule has 2 aliphatic rings. The minimum atomic E-state index is -0.779. The summed E-state index contributed by atoms with van der Waals surface area (Å²) in [7, 11) is 0. The second-order valence-electron chi connectivity index (χ2n) is 8.02. The van der Waals surface area contributed by atoms with E-state index in [4.69, 9.17) is 33.3 Å². The average Bonchev–Trinajstić information content (AvgIpc) is 3.39. The molecule has 0 bridgehead atoms. The van der Waals surface area contributed by atoms with Gasteiger partial charge in [-0.05, 0) is 78.4 Å². The van der Waals surface area contributed by atoms with Crippen LogP contribution in [-0.4, -0.2) is 34.7 Å². The Morgan fingerprint density at radius 2 is 1.77 bits per heavy atom. The molecule has 2 aliphatic heterocycles. The topological polar surface area (TPSA) is 71.1 Å². The molecule has 1 N–H and O–H groups in total. The lowest BCUT2D eigenvalue weighted by Gasteiger charge is -2.24. The van der Waals surface area contributed by atoms with Gasteiger partial charge < -0.3 is 19.7 Å². The Morgan fingerprint density at radius 1 is 1.06 bits per heavy atom. The van der Waals surface area contributed by atoms with Gasteiger partial charge in [-0.3, -0.25) is 14.5 Å². The van der Waals surface area contributed by atoms with E-state index in [0.717, 1.165) is 10.0 Å². The Balaban J connectivity index is 1.41. The van der Waals surface area contributed by atoms with Gasteiger partial charge in [0, 0.05) is 21.7 Å². The highest BCUT2D eigenvalue weighted by Crippen LogP contribution is 2.35. The maximum absolute atomic E-state index is 13.6. The molecule has 7 nitrogen and oxygen atoms in total. The fraction of sp³-hybridized carbons (Fsp3) is 0.160. The zero-order chi connectivity index (χ0) is 24.5. The maximum Gasteiger partial charge on any atom is 0.256 e. The SMILES string of the molecule is O=C(CC1C(=O)N(c2ccc(Cl)cc2)C(=S)N1Cc1ccc2c(c1)OCO2)Nc1ccc(Br)cc1. The average molecular weight is 573 g/mol. The third-order valence-corrected chi connectivity index (χ3v) is 6.90. The van der Waals surface area contributed by atoms with Crippen LogP contribution in [0.2, 0.25) is 5.02 Å². The molecule has 3 aromatic carbocycles. The summed E-state index contributed by atoms with van der Waals surface area (Å²) in [6.45, 7) is 0.490. The van der Waals surface area contributed by atoms with Crippen LogP contribution in [-0.2, 0) is 16.1 Å². The molecule has 0 saturated carbocycles. The van der Waals surface area contributed by atoms with Crippen LogP contribution in [0.1, 0.15) is 12.0 Å². The van der Waals surface area contributed by atoms with Gasteiger partial charge in [0.15, 0.2) is 16.6 Å². The lowest BCUT2D eigenvalue weighted by Crippen LogP contribution is -2.37. The Labute approximate surface area is 220 Å². The van der Waals surface area contributed by atoms with Crippen molar-refractivity contribution in [2.75, 3.05) is 17.0 Å². The van der Waals surface area contributed by atoms with E-state index in [0.29, 0.717) is 39.6 Å². The summed E-state index contributed by atoms with van der Waals surface area (Å²) in [6.07, 6.45) is -0.0658. The van der Waals surface area contributed by atoms with E-state index in [2.05, 4.69) is 21.2 Å². The molecular formula is C25H19BrClN3O4S. The van der Waals surface area contributed by atoms with Crippen molar-refractivity contribution in [3.63, 3.8) is 0 Å². The number of nitrogens with one attached hydrogen (secondary N) is 1. The van der Waals surface area contributed by atoms with E-state index in [-0.39, 0.29) is 25.0 Å². The first-order valence-electron chi connectivity index (χ1n) is 10.7. The molecule has 0 aromatic heterocycles. The minimum Gasteiger partial charge on any atom is -0.454 e. The van der Waals surface area contributed by atoms with Gasteiger partial charge in [0.1, 0.15) is 6.04 Å². The number of nitrogens with zero attached hydrogens (tertiary/aromatic N) is 2. The highest BCUT2D eigenvalue weighted by molar-refractivity contribution is 9.10. The molecule has 5 rings (SSSR count). The molecule has 3 aromatic rings. The second kappa shape index (κ2) is 9.85. The fourth-order valence-corrected chi connectivity index (χ4v) is 4.78. The van der Waals surface area contributed by atoms with Crippen molar-refractivity contribution in [1.82, 2.24) is 4.90 Å². The molecule has 2 amide bonds. The van der Waals surface area contributed by atoms with E-state index in [1.165, 1.54) is 4.90 Å². The van der Waals surface area contributed by atoms with Crippen LogP contribution in [0.4, 0.5) is 11.4 Å². The first-order chi connectivity index (χ1) is 16.9. The van der Waals surface area contributed by atoms with Crippen molar-refractivity contribution < 1.29 is 19.1 Å². The lowest BCUT2D eigenvalue weighted by atomic mass is 10.1. The van der Waals surface area contributed by atoms with Gasteiger partial charge in [0.2, 0.25) is 12.7 Å². The van der Waals surface area contributed by atoms with E-state index in [1.807, 2.05) is 30.3 Å². The third-order valence-electron chi connectivity index (χ3n) is 5.70. The lowest BCUT2D eigenvalue weighted by molar-refractivity contribution is -0.124. The summed E-state index contributed by atoms with van der Waals surface area (Å²) in [4.78, 5) is 29.7. The molecule has 1 unspecified atom stereocenters. The number of benzene rings is 3. The molecule has 1 saturated heterocycles. The highest BCUT2D eigenvalue weighted by atomic mass is 79.9. The van der Waals surface area contributed by atoms with Gasteiger partial charge in [-0.15, -0.1) is 0 Å². The normalized spacial score (nSPS) is 16.7. The van der Waals surface area contributed by atoms with Crippen LogP contribution in [0.25, 0.3) is 0 Å².